The number of ether oxygens (including phenoxy) is 2. The molecule has 0 saturated heterocycles. The number of aliphatic hydroxyl groups is 1. The zero-order chi connectivity index (χ0) is 30.9. The van der Waals surface area contributed by atoms with Gasteiger partial charge >= 0.3 is 6.03 Å². The Bertz CT molecular complexity index is 1370. The number of hydrogen-bond donors (Lipinski definition) is 3. The van der Waals surface area contributed by atoms with Crippen LogP contribution in [0.5, 0.6) is 5.75 Å². The van der Waals surface area contributed by atoms with Gasteiger partial charge in [0.1, 0.15) is 5.75 Å². The first-order chi connectivity index (χ1) is 20.7. The normalized spacial score (nSPS) is 21.0. The minimum Gasteiger partial charge on any atom is -0.490 e. The second kappa shape index (κ2) is 15.2. The van der Waals surface area contributed by atoms with Crippen molar-refractivity contribution in [3.63, 3.8) is 0 Å². The lowest BCUT2D eigenvalue weighted by molar-refractivity contribution is -0.0137. The number of hydrogen-bond acceptors (Lipinski definition) is 6. The SMILES string of the molecule is C[C@@H]1CN([C@@H](C)CO)C(=O)c2cc(NC(=O)Nc3cccc4ccccc34)ccc2O[C@@H](C)CCCCO[C@H]1CN(C)C. The predicted octanol–water partition coefficient (Wildman–Crippen LogP) is 5.84. The average molecular weight is 591 g/mol. The first kappa shape index (κ1) is 32.3. The number of aliphatic hydroxyl groups excluding tert-OH is 1. The summed E-state index contributed by atoms with van der Waals surface area (Å²) < 4.78 is 12.6. The van der Waals surface area contributed by atoms with Crippen LogP contribution in [0.25, 0.3) is 10.8 Å². The molecule has 1 aliphatic rings. The van der Waals surface area contributed by atoms with Crippen molar-refractivity contribution >= 4 is 34.1 Å². The van der Waals surface area contributed by atoms with E-state index in [0.29, 0.717) is 35.8 Å². The van der Waals surface area contributed by atoms with E-state index in [-0.39, 0.29) is 30.6 Å². The van der Waals surface area contributed by atoms with E-state index in [1.54, 1.807) is 23.1 Å². The lowest BCUT2D eigenvalue weighted by Gasteiger charge is -2.35. The lowest BCUT2D eigenvalue weighted by atomic mass is 10.0. The molecule has 3 amide bonds. The summed E-state index contributed by atoms with van der Waals surface area (Å²) in [6.45, 7) is 7.49. The molecular weight excluding hydrogens is 544 g/mol. The molecule has 0 saturated carbocycles. The number of likely N-dealkylation sites (N-methyl/N-ethyl adjacent to an activating group) is 1. The van der Waals surface area contributed by atoms with Gasteiger partial charge in [-0.15, -0.1) is 0 Å². The molecule has 1 aliphatic heterocycles. The molecule has 232 valence electrons. The Hall–Kier alpha value is -3.66. The van der Waals surface area contributed by atoms with Crippen LogP contribution in [0.1, 0.15) is 50.4 Å². The third-order valence-corrected chi connectivity index (χ3v) is 7.89. The molecule has 9 nitrogen and oxygen atoms in total. The van der Waals surface area contributed by atoms with Crippen molar-refractivity contribution in [1.82, 2.24) is 9.80 Å². The number of nitrogens with zero attached hydrogens (tertiary/aromatic N) is 2. The van der Waals surface area contributed by atoms with Gasteiger partial charge in [-0.2, -0.15) is 0 Å². The number of urea groups is 1. The molecule has 43 heavy (non-hydrogen) atoms. The van der Waals surface area contributed by atoms with E-state index in [2.05, 4.69) is 22.5 Å². The van der Waals surface area contributed by atoms with Crippen LogP contribution in [0.15, 0.2) is 60.7 Å². The van der Waals surface area contributed by atoms with E-state index in [1.165, 1.54) is 0 Å². The number of nitrogens with one attached hydrogen (secondary N) is 2. The van der Waals surface area contributed by atoms with Crippen LogP contribution in [0, 0.1) is 5.92 Å². The molecule has 0 bridgehead atoms. The summed E-state index contributed by atoms with van der Waals surface area (Å²) in [6, 6.07) is 17.9. The number of carbonyl (C=O) groups excluding carboxylic acids is 2. The third-order valence-electron chi connectivity index (χ3n) is 7.89. The van der Waals surface area contributed by atoms with Gasteiger partial charge in [-0.1, -0.05) is 43.3 Å². The summed E-state index contributed by atoms with van der Waals surface area (Å²) in [6.07, 6.45) is 2.48. The molecular formula is C34H46N4O5. The van der Waals surface area contributed by atoms with Crippen molar-refractivity contribution in [2.24, 2.45) is 5.92 Å². The monoisotopic (exact) mass is 590 g/mol. The van der Waals surface area contributed by atoms with E-state index < -0.39 is 12.1 Å². The Morgan fingerprint density at radius 3 is 2.60 bits per heavy atom. The van der Waals surface area contributed by atoms with Crippen molar-refractivity contribution in [1.29, 1.82) is 0 Å². The van der Waals surface area contributed by atoms with Gasteiger partial charge in [-0.3, -0.25) is 4.79 Å². The molecule has 0 aliphatic carbocycles. The molecule has 4 atom stereocenters. The van der Waals surface area contributed by atoms with Gasteiger partial charge < -0.3 is 35.0 Å². The fraction of sp³-hybridized carbons (Fsp3) is 0.471. The first-order valence-electron chi connectivity index (χ1n) is 15.2. The zero-order valence-corrected chi connectivity index (χ0v) is 26.0. The topological polar surface area (TPSA) is 103 Å². The molecule has 3 aromatic carbocycles. The molecule has 9 heteroatoms. The Balaban J connectivity index is 1.63. The smallest absolute Gasteiger partial charge is 0.323 e. The van der Waals surface area contributed by atoms with Crippen molar-refractivity contribution in [2.75, 3.05) is 51.0 Å². The van der Waals surface area contributed by atoms with E-state index in [9.17, 15) is 14.7 Å². The number of rotatable bonds is 6. The first-order valence-corrected chi connectivity index (χ1v) is 15.2. The number of benzene rings is 3. The number of fused-ring (bicyclic) bond motifs is 2. The zero-order valence-electron chi connectivity index (χ0n) is 26.0. The van der Waals surface area contributed by atoms with Gasteiger partial charge in [-0.25, -0.2) is 4.79 Å². The molecule has 0 fully saturated rings. The minimum atomic E-state index is -0.431. The van der Waals surface area contributed by atoms with Crippen molar-refractivity contribution < 1.29 is 24.2 Å². The molecule has 0 unspecified atom stereocenters. The van der Waals surface area contributed by atoms with Crippen LogP contribution in [-0.4, -0.2) is 85.5 Å². The maximum Gasteiger partial charge on any atom is 0.323 e. The highest BCUT2D eigenvalue weighted by Gasteiger charge is 2.30. The quantitative estimate of drug-likeness (QED) is 0.333. The minimum absolute atomic E-state index is 0.0133. The van der Waals surface area contributed by atoms with Gasteiger partial charge in [0, 0.05) is 36.7 Å². The van der Waals surface area contributed by atoms with Gasteiger partial charge in [0.15, 0.2) is 0 Å². The Kier molecular flexibility index (Phi) is 11.4. The molecule has 3 N–H and O–H groups in total. The molecule has 0 radical (unpaired) electrons. The van der Waals surface area contributed by atoms with Crippen molar-refractivity contribution in [3.05, 3.63) is 66.2 Å². The second-order valence-electron chi connectivity index (χ2n) is 11.9. The number of amides is 3. The lowest BCUT2D eigenvalue weighted by Crippen LogP contribution is -2.47. The van der Waals surface area contributed by atoms with Gasteiger partial charge in [0.25, 0.3) is 5.91 Å². The van der Waals surface area contributed by atoms with Crippen LogP contribution in [0.4, 0.5) is 16.2 Å². The van der Waals surface area contributed by atoms with Crippen LogP contribution in [0.3, 0.4) is 0 Å². The Morgan fingerprint density at radius 2 is 1.84 bits per heavy atom. The highest BCUT2D eigenvalue weighted by Crippen LogP contribution is 2.29. The number of anilines is 2. The average Bonchev–Trinajstić information content (AvgIpc) is 2.98. The Labute approximate surface area is 255 Å². The van der Waals surface area contributed by atoms with Crippen LogP contribution >= 0.6 is 0 Å². The van der Waals surface area contributed by atoms with Crippen LogP contribution in [-0.2, 0) is 4.74 Å². The van der Waals surface area contributed by atoms with Crippen molar-refractivity contribution in [2.45, 2.75) is 58.3 Å². The highest BCUT2D eigenvalue weighted by molar-refractivity contribution is 6.07. The van der Waals surface area contributed by atoms with Crippen molar-refractivity contribution in [3.8, 4) is 5.75 Å². The highest BCUT2D eigenvalue weighted by atomic mass is 16.5. The van der Waals surface area contributed by atoms with Crippen LogP contribution in [0.2, 0.25) is 0 Å². The molecule has 1 heterocycles. The fourth-order valence-electron chi connectivity index (χ4n) is 5.44. The molecule has 4 rings (SSSR count). The third kappa shape index (κ3) is 8.69. The fourth-order valence-corrected chi connectivity index (χ4v) is 5.44. The van der Waals surface area contributed by atoms with E-state index >= 15 is 0 Å². The molecule has 3 aromatic rings. The van der Waals surface area contributed by atoms with Gasteiger partial charge in [0.2, 0.25) is 0 Å². The van der Waals surface area contributed by atoms with E-state index in [1.807, 2.05) is 70.4 Å². The maximum atomic E-state index is 14.2. The molecule has 0 spiro atoms. The van der Waals surface area contributed by atoms with E-state index in [0.717, 1.165) is 36.6 Å². The summed E-state index contributed by atoms with van der Waals surface area (Å²) in [4.78, 5) is 31.1. The standard InChI is InChI=1S/C34H46N4O5/c1-23-20-38(24(2)22-39)33(40)29-19-27(35-34(41)36-30-15-10-13-26-12-6-7-14-28(26)30)16-17-31(29)43-25(3)11-8-9-18-42-32(23)21-37(4)5/h6-7,10,12-17,19,23-25,32,39H,8-9,11,18,20-22H2,1-5H3,(H2,35,36,41)/t23-,24+,25+,32+/m1/s1. The maximum absolute atomic E-state index is 14.2. The summed E-state index contributed by atoms with van der Waals surface area (Å²) in [7, 11) is 4.03. The second-order valence-corrected chi connectivity index (χ2v) is 11.9. The van der Waals surface area contributed by atoms with E-state index in [4.69, 9.17) is 9.47 Å². The van der Waals surface area contributed by atoms with Gasteiger partial charge in [-0.05, 0) is 76.9 Å². The summed E-state index contributed by atoms with van der Waals surface area (Å²) in [5.41, 5.74) is 1.48. The Morgan fingerprint density at radius 1 is 1.07 bits per heavy atom. The summed E-state index contributed by atoms with van der Waals surface area (Å²) >= 11 is 0. The predicted molar refractivity (Wildman–Crippen MR) is 172 cm³/mol. The van der Waals surface area contributed by atoms with Crippen LogP contribution < -0.4 is 15.4 Å². The largest absolute Gasteiger partial charge is 0.490 e. The summed E-state index contributed by atoms with van der Waals surface area (Å²) in [5.74, 6) is 0.201. The number of carbonyl (C=O) groups is 2. The molecule has 0 aromatic heterocycles. The van der Waals surface area contributed by atoms with Gasteiger partial charge in [0.05, 0.1) is 36.1 Å². The summed E-state index contributed by atoms with van der Waals surface area (Å²) in [5, 5.41) is 17.9.